The van der Waals surface area contributed by atoms with Crippen LogP contribution in [0.25, 0.3) is 21.9 Å². The van der Waals surface area contributed by atoms with Crippen molar-refractivity contribution in [2.45, 2.75) is 38.8 Å². The topological polar surface area (TPSA) is 97.7 Å². The van der Waals surface area contributed by atoms with E-state index in [4.69, 9.17) is 4.74 Å². The largest absolute Gasteiger partial charge is 0.381 e. The molecule has 0 saturated carbocycles. The van der Waals surface area contributed by atoms with Gasteiger partial charge in [0.05, 0.1) is 17.8 Å². The van der Waals surface area contributed by atoms with E-state index in [9.17, 15) is 4.79 Å². The van der Waals surface area contributed by atoms with Crippen LogP contribution >= 0.6 is 0 Å². The van der Waals surface area contributed by atoms with Gasteiger partial charge in [-0.15, -0.1) is 0 Å². The standard InChI is InChI=1S/C22H24N6O2/c1-13-4-3-5-15-10-17(28(22(29)18(13)15)16-6-8-30-9-7-16)14(2)27-21-19-20(24-11-23-19)25-12-26-21/h3-5,10-12,14,16H,6-9H2,1-2H3,(H2,23,24,25,26,27). The molecule has 2 N–H and O–H groups in total. The molecule has 1 aromatic carbocycles. The molecule has 0 spiro atoms. The monoisotopic (exact) mass is 404 g/mol. The van der Waals surface area contributed by atoms with Crippen molar-refractivity contribution in [3.63, 3.8) is 0 Å². The molecule has 1 atom stereocenters. The number of hydrogen-bond donors (Lipinski definition) is 2. The molecule has 1 aliphatic rings. The third kappa shape index (κ3) is 3.13. The van der Waals surface area contributed by atoms with E-state index in [0.717, 1.165) is 34.9 Å². The maximum absolute atomic E-state index is 13.6. The molecule has 4 aromatic rings. The molecule has 1 unspecified atom stereocenters. The van der Waals surface area contributed by atoms with E-state index in [1.54, 1.807) is 6.33 Å². The van der Waals surface area contributed by atoms with Crippen LogP contribution in [0, 0.1) is 6.92 Å². The number of nitrogens with zero attached hydrogens (tertiary/aromatic N) is 4. The summed E-state index contributed by atoms with van der Waals surface area (Å²) in [6.07, 6.45) is 4.76. The van der Waals surface area contributed by atoms with Crippen molar-refractivity contribution in [3.05, 3.63) is 58.5 Å². The molecular weight excluding hydrogens is 380 g/mol. The highest BCUT2D eigenvalue weighted by molar-refractivity contribution is 5.85. The Bertz CT molecular complexity index is 1270. The molecule has 8 nitrogen and oxygen atoms in total. The number of H-pyrrole nitrogens is 1. The summed E-state index contributed by atoms with van der Waals surface area (Å²) in [6.45, 7) is 5.38. The zero-order valence-corrected chi connectivity index (χ0v) is 17.1. The van der Waals surface area contributed by atoms with Gasteiger partial charge < -0.3 is 19.6 Å². The summed E-state index contributed by atoms with van der Waals surface area (Å²) >= 11 is 0. The maximum atomic E-state index is 13.6. The predicted molar refractivity (Wildman–Crippen MR) is 116 cm³/mol. The van der Waals surface area contributed by atoms with Crippen molar-refractivity contribution < 1.29 is 4.74 Å². The van der Waals surface area contributed by atoms with E-state index in [-0.39, 0.29) is 17.6 Å². The van der Waals surface area contributed by atoms with Crippen molar-refractivity contribution in [2.75, 3.05) is 18.5 Å². The van der Waals surface area contributed by atoms with Crippen LogP contribution in [-0.2, 0) is 4.74 Å². The normalized spacial score (nSPS) is 16.2. The average molecular weight is 404 g/mol. The Balaban J connectivity index is 1.65. The fourth-order valence-electron chi connectivity index (χ4n) is 4.37. The summed E-state index contributed by atoms with van der Waals surface area (Å²) in [4.78, 5) is 29.6. The van der Waals surface area contributed by atoms with Crippen LogP contribution in [-0.4, -0.2) is 37.7 Å². The SMILES string of the molecule is Cc1cccc2cc(C(C)Nc3ncnc4[nH]cnc34)n(C3CCOCC3)c(=O)c12. The van der Waals surface area contributed by atoms with Gasteiger partial charge in [-0.25, -0.2) is 15.0 Å². The smallest absolute Gasteiger partial charge is 0.259 e. The van der Waals surface area contributed by atoms with Crippen LogP contribution in [0.1, 0.15) is 43.1 Å². The number of imidazole rings is 1. The summed E-state index contributed by atoms with van der Waals surface area (Å²) < 4.78 is 7.52. The second-order valence-corrected chi connectivity index (χ2v) is 7.82. The van der Waals surface area contributed by atoms with Crippen molar-refractivity contribution in [3.8, 4) is 0 Å². The number of rotatable bonds is 4. The van der Waals surface area contributed by atoms with Gasteiger partial charge in [0.25, 0.3) is 5.56 Å². The highest BCUT2D eigenvalue weighted by Crippen LogP contribution is 2.29. The first kappa shape index (κ1) is 18.7. The maximum Gasteiger partial charge on any atom is 0.259 e. The second kappa shape index (κ2) is 7.53. The third-order valence-electron chi connectivity index (χ3n) is 5.89. The lowest BCUT2D eigenvalue weighted by atomic mass is 10.0. The van der Waals surface area contributed by atoms with E-state index in [1.807, 2.05) is 36.6 Å². The van der Waals surface area contributed by atoms with Crippen molar-refractivity contribution >= 4 is 27.8 Å². The average Bonchev–Trinajstić information content (AvgIpc) is 3.24. The lowest BCUT2D eigenvalue weighted by Crippen LogP contribution is -2.33. The highest BCUT2D eigenvalue weighted by atomic mass is 16.5. The molecule has 154 valence electrons. The zero-order chi connectivity index (χ0) is 20.7. The van der Waals surface area contributed by atoms with Gasteiger partial charge in [0.15, 0.2) is 11.5 Å². The Morgan fingerprint density at radius 1 is 1.23 bits per heavy atom. The molecule has 8 heteroatoms. The molecule has 5 rings (SSSR count). The van der Waals surface area contributed by atoms with Crippen LogP contribution in [0.4, 0.5) is 5.82 Å². The summed E-state index contributed by atoms with van der Waals surface area (Å²) in [6, 6.07) is 8.08. The number of aromatic amines is 1. The van der Waals surface area contributed by atoms with Crippen molar-refractivity contribution in [1.82, 2.24) is 24.5 Å². The van der Waals surface area contributed by atoms with Crippen LogP contribution in [0.2, 0.25) is 0 Å². The molecule has 0 amide bonds. The van der Waals surface area contributed by atoms with Gasteiger partial charge in [-0.3, -0.25) is 4.79 Å². The van der Waals surface area contributed by atoms with Crippen LogP contribution < -0.4 is 10.9 Å². The molecule has 30 heavy (non-hydrogen) atoms. The quantitative estimate of drug-likeness (QED) is 0.540. The second-order valence-electron chi connectivity index (χ2n) is 7.82. The van der Waals surface area contributed by atoms with Crippen LogP contribution in [0.3, 0.4) is 0 Å². The minimum absolute atomic E-state index is 0.0637. The van der Waals surface area contributed by atoms with E-state index >= 15 is 0 Å². The van der Waals surface area contributed by atoms with Crippen molar-refractivity contribution in [1.29, 1.82) is 0 Å². The Morgan fingerprint density at radius 3 is 2.90 bits per heavy atom. The summed E-state index contributed by atoms with van der Waals surface area (Å²) in [5.74, 6) is 0.643. The van der Waals surface area contributed by atoms with E-state index in [2.05, 4.69) is 31.3 Å². The van der Waals surface area contributed by atoms with Crippen LogP contribution in [0.15, 0.2) is 41.7 Å². The first-order valence-corrected chi connectivity index (χ1v) is 10.3. The number of aromatic nitrogens is 5. The Hall–Kier alpha value is -3.26. The van der Waals surface area contributed by atoms with E-state index < -0.39 is 0 Å². The summed E-state index contributed by atoms with van der Waals surface area (Å²) in [5, 5.41) is 5.20. The number of fused-ring (bicyclic) bond motifs is 2. The van der Waals surface area contributed by atoms with Gasteiger partial charge in [0.1, 0.15) is 11.8 Å². The number of ether oxygens (including phenoxy) is 1. The minimum atomic E-state index is -0.153. The summed E-state index contributed by atoms with van der Waals surface area (Å²) in [5.41, 5.74) is 3.36. The van der Waals surface area contributed by atoms with E-state index in [0.29, 0.717) is 30.2 Å². The molecule has 1 aliphatic heterocycles. The predicted octanol–water partition coefficient (Wildman–Crippen LogP) is 3.50. The lowest BCUT2D eigenvalue weighted by molar-refractivity contribution is 0.0679. The number of nitrogens with one attached hydrogen (secondary N) is 2. The van der Waals surface area contributed by atoms with Gasteiger partial charge in [-0.1, -0.05) is 18.2 Å². The van der Waals surface area contributed by atoms with Gasteiger partial charge in [-0.05, 0) is 43.7 Å². The van der Waals surface area contributed by atoms with E-state index in [1.165, 1.54) is 6.33 Å². The number of benzene rings is 1. The van der Waals surface area contributed by atoms with Crippen molar-refractivity contribution in [2.24, 2.45) is 0 Å². The zero-order valence-electron chi connectivity index (χ0n) is 17.1. The highest BCUT2D eigenvalue weighted by Gasteiger charge is 2.24. The molecule has 4 heterocycles. The number of pyridine rings is 1. The molecule has 0 bridgehead atoms. The van der Waals surface area contributed by atoms with Gasteiger partial charge >= 0.3 is 0 Å². The fourth-order valence-corrected chi connectivity index (χ4v) is 4.37. The Kier molecular flexibility index (Phi) is 4.71. The molecule has 0 aliphatic carbocycles. The number of hydrogen-bond acceptors (Lipinski definition) is 6. The molecule has 3 aromatic heterocycles. The number of aryl methyl sites for hydroxylation is 1. The first-order chi connectivity index (χ1) is 14.6. The van der Waals surface area contributed by atoms with Gasteiger partial charge in [0.2, 0.25) is 0 Å². The fraction of sp³-hybridized carbons (Fsp3) is 0.364. The molecule has 0 radical (unpaired) electrons. The minimum Gasteiger partial charge on any atom is -0.381 e. The Labute approximate surface area is 173 Å². The third-order valence-corrected chi connectivity index (χ3v) is 5.89. The molecule has 1 saturated heterocycles. The van der Waals surface area contributed by atoms with Gasteiger partial charge in [-0.2, -0.15) is 0 Å². The molecular formula is C22H24N6O2. The molecule has 1 fully saturated rings. The number of anilines is 1. The first-order valence-electron chi connectivity index (χ1n) is 10.3. The van der Waals surface area contributed by atoms with Gasteiger partial charge in [0, 0.05) is 24.9 Å². The lowest BCUT2D eigenvalue weighted by Gasteiger charge is -2.30. The van der Waals surface area contributed by atoms with Crippen LogP contribution in [0.5, 0.6) is 0 Å². The summed E-state index contributed by atoms with van der Waals surface area (Å²) in [7, 11) is 0. The Morgan fingerprint density at radius 2 is 2.07 bits per heavy atom.